The van der Waals surface area contributed by atoms with E-state index in [9.17, 15) is 13.2 Å². The molecule has 0 aliphatic carbocycles. The molecule has 1 saturated heterocycles. The van der Waals surface area contributed by atoms with Gasteiger partial charge in [-0.2, -0.15) is 4.31 Å². The van der Waals surface area contributed by atoms with Gasteiger partial charge in [0.2, 0.25) is 10.0 Å². The van der Waals surface area contributed by atoms with Gasteiger partial charge < -0.3 is 10.1 Å². The fraction of sp³-hybridized carbons (Fsp3) is 0.435. The molecule has 2 aromatic carbocycles. The monoisotopic (exact) mass is 430 g/mol. The molecule has 1 N–H and O–H groups in total. The molecular weight excluding hydrogens is 400 g/mol. The molecule has 1 heterocycles. The molecule has 30 heavy (non-hydrogen) atoms. The third kappa shape index (κ3) is 5.28. The average Bonchev–Trinajstić information content (AvgIpc) is 2.74. The van der Waals surface area contributed by atoms with Gasteiger partial charge in [0, 0.05) is 25.2 Å². The standard InChI is InChI=1S/C23H30N2O4S/c1-17(2)20-7-5-19(6-8-20)10-11-24-23(26)22-16-21(9-4-18(22)3)30(27,28)25-12-14-29-15-13-25/h4-9,16-17H,10-15H2,1-3H3,(H,24,26). The molecule has 1 amide bonds. The minimum Gasteiger partial charge on any atom is -0.379 e. The first-order valence-corrected chi connectivity index (χ1v) is 11.8. The number of amides is 1. The summed E-state index contributed by atoms with van der Waals surface area (Å²) in [5.41, 5.74) is 3.57. The second-order valence-corrected chi connectivity index (χ2v) is 9.83. The Bertz CT molecular complexity index is 979. The SMILES string of the molecule is Cc1ccc(S(=O)(=O)N2CCOCC2)cc1C(=O)NCCc1ccc(C(C)C)cc1. The van der Waals surface area contributed by atoms with Gasteiger partial charge in [0.15, 0.2) is 0 Å². The van der Waals surface area contributed by atoms with Crippen LogP contribution in [0.3, 0.4) is 0 Å². The van der Waals surface area contributed by atoms with Crippen molar-refractivity contribution in [3.63, 3.8) is 0 Å². The fourth-order valence-electron chi connectivity index (χ4n) is 3.43. The summed E-state index contributed by atoms with van der Waals surface area (Å²) in [6, 6.07) is 13.1. The van der Waals surface area contributed by atoms with Crippen molar-refractivity contribution in [2.75, 3.05) is 32.8 Å². The van der Waals surface area contributed by atoms with E-state index in [4.69, 9.17) is 4.74 Å². The number of morpholine rings is 1. The molecule has 0 unspecified atom stereocenters. The van der Waals surface area contributed by atoms with E-state index in [1.54, 1.807) is 12.1 Å². The predicted octanol–water partition coefficient (Wildman–Crippen LogP) is 3.11. The summed E-state index contributed by atoms with van der Waals surface area (Å²) in [5, 5.41) is 2.92. The highest BCUT2D eigenvalue weighted by Crippen LogP contribution is 2.21. The van der Waals surface area contributed by atoms with E-state index >= 15 is 0 Å². The van der Waals surface area contributed by atoms with Crippen LogP contribution in [0.15, 0.2) is 47.4 Å². The largest absolute Gasteiger partial charge is 0.379 e. The molecular formula is C23H30N2O4S. The molecule has 1 fully saturated rings. The van der Waals surface area contributed by atoms with Gasteiger partial charge >= 0.3 is 0 Å². The Morgan fingerprint density at radius 3 is 2.40 bits per heavy atom. The van der Waals surface area contributed by atoms with Crippen molar-refractivity contribution >= 4 is 15.9 Å². The highest BCUT2D eigenvalue weighted by molar-refractivity contribution is 7.89. The first-order chi connectivity index (χ1) is 14.3. The van der Waals surface area contributed by atoms with Gasteiger partial charge in [-0.1, -0.05) is 44.2 Å². The maximum Gasteiger partial charge on any atom is 0.251 e. The van der Waals surface area contributed by atoms with E-state index in [-0.39, 0.29) is 10.8 Å². The normalized spacial score (nSPS) is 15.3. The van der Waals surface area contributed by atoms with Gasteiger partial charge in [-0.3, -0.25) is 4.79 Å². The van der Waals surface area contributed by atoms with E-state index in [0.717, 1.165) is 17.5 Å². The van der Waals surface area contributed by atoms with Crippen LogP contribution in [0, 0.1) is 6.92 Å². The van der Waals surface area contributed by atoms with E-state index in [2.05, 4.69) is 43.4 Å². The lowest BCUT2D eigenvalue weighted by Gasteiger charge is -2.26. The molecule has 0 bridgehead atoms. The Labute approximate surface area is 179 Å². The average molecular weight is 431 g/mol. The van der Waals surface area contributed by atoms with Crippen molar-refractivity contribution in [3.05, 3.63) is 64.7 Å². The van der Waals surface area contributed by atoms with Crippen molar-refractivity contribution < 1.29 is 17.9 Å². The zero-order valence-corrected chi connectivity index (χ0v) is 18.7. The molecule has 0 aromatic heterocycles. The van der Waals surface area contributed by atoms with Gasteiger partial charge in [-0.05, 0) is 48.1 Å². The lowest BCUT2D eigenvalue weighted by atomic mass is 10.0. The van der Waals surface area contributed by atoms with Crippen LogP contribution in [0.4, 0.5) is 0 Å². The molecule has 6 nitrogen and oxygen atoms in total. The molecule has 0 saturated carbocycles. The molecule has 0 radical (unpaired) electrons. The van der Waals surface area contributed by atoms with Crippen LogP contribution in [0.2, 0.25) is 0 Å². The number of nitrogens with one attached hydrogen (secondary N) is 1. The quantitative estimate of drug-likeness (QED) is 0.732. The molecule has 1 aliphatic rings. The minimum atomic E-state index is -3.64. The Morgan fingerprint density at radius 1 is 1.10 bits per heavy atom. The van der Waals surface area contributed by atoms with Crippen LogP contribution in [0.25, 0.3) is 0 Å². The van der Waals surface area contributed by atoms with Gasteiger partial charge in [0.1, 0.15) is 0 Å². The van der Waals surface area contributed by atoms with Crippen molar-refractivity contribution in [2.24, 2.45) is 0 Å². The van der Waals surface area contributed by atoms with Crippen LogP contribution in [-0.2, 0) is 21.2 Å². The summed E-state index contributed by atoms with van der Waals surface area (Å²) >= 11 is 0. The molecule has 0 spiro atoms. The van der Waals surface area contributed by atoms with Crippen molar-refractivity contribution in [1.29, 1.82) is 0 Å². The number of ether oxygens (including phenoxy) is 1. The molecule has 162 valence electrons. The Hall–Kier alpha value is -2.22. The molecule has 1 aliphatic heterocycles. The summed E-state index contributed by atoms with van der Waals surface area (Å²) in [5.74, 6) is 0.230. The fourth-order valence-corrected chi connectivity index (χ4v) is 4.86. The third-order valence-electron chi connectivity index (χ3n) is 5.41. The van der Waals surface area contributed by atoms with Crippen molar-refractivity contribution in [1.82, 2.24) is 9.62 Å². The molecule has 7 heteroatoms. The van der Waals surface area contributed by atoms with Gasteiger partial charge in [0.05, 0.1) is 18.1 Å². The van der Waals surface area contributed by atoms with Crippen LogP contribution < -0.4 is 5.32 Å². The van der Waals surface area contributed by atoms with E-state index in [1.807, 2.05) is 6.92 Å². The Morgan fingerprint density at radius 2 is 1.77 bits per heavy atom. The summed E-state index contributed by atoms with van der Waals surface area (Å²) in [6.07, 6.45) is 0.717. The number of rotatable bonds is 7. The molecule has 3 rings (SSSR count). The second-order valence-electron chi connectivity index (χ2n) is 7.90. The van der Waals surface area contributed by atoms with E-state index < -0.39 is 10.0 Å². The van der Waals surface area contributed by atoms with Gasteiger partial charge in [-0.25, -0.2) is 8.42 Å². The maximum absolute atomic E-state index is 12.9. The Kier molecular flexibility index (Phi) is 7.28. The van der Waals surface area contributed by atoms with Crippen LogP contribution in [-0.4, -0.2) is 51.5 Å². The van der Waals surface area contributed by atoms with Crippen molar-refractivity contribution in [2.45, 2.75) is 38.0 Å². The van der Waals surface area contributed by atoms with Gasteiger partial charge in [-0.15, -0.1) is 0 Å². The lowest BCUT2D eigenvalue weighted by Crippen LogP contribution is -2.40. The van der Waals surface area contributed by atoms with E-state index in [1.165, 1.54) is 15.9 Å². The van der Waals surface area contributed by atoms with Crippen LogP contribution in [0.1, 0.15) is 46.8 Å². The number of benzene rings is 2. The second kappa shape index (κ2) is 9.73. The van der Waals surface area contributed by atoms with Gasteiger partial charge in [0.25, 0.3) is 5.91 Å². The summed E-state index contributed by atoms with van der Waals surface area (Å²) in [4.78, 5) is 12.9. The first kappa shape index (κ1) is 22.5. The Balaban J connectivity index is 1.66. The molecule has 2 aromatic rings. The summed E-state index contributed by atoms with van der Waals surface area (Å²) < 4.78 is 32.4. The van der Waals surface area contributed by atoms with Crippen molar-refractivity contribution in [3.8, 4) is 0 Å². The smallest absolute Gasteiger partial charge is 0.251 e. The number of nitrogens with zero attached hydrogens (tertiary/aromatic N) is 1. The van der Waals surface area contributed by atoms with E-state index in [0.29, 0.717) is 44.3 Å². The minimum absolute atomic E-state index is 0.143. The number of hydrogen-bond donors (Lipinski definition) is 1. The van der Waals surface area contributed by atoms with Crippen LogP contribution >= 0.6 is 0 Å². The number of carbonyl (C=O) groups is 1. The summed E-state index contributed by atoms with van der Waals surface area (Å²) in [6.45, 7) is 8.04. The summed E-state index contributed by atoms with van der Waals surface area (Å²) in [7, 11) is -3.64. The lowest BCUT2D eigenvalue weighted by molar-refractivity contribution is 0.0730. The molecule has 0 atom stereocenters. The zero-order chi connectivity index (χ0) is 21.7. The maximum atomic E-state index is 12.9. The van der Waals surface area contributed by atoms with Crippen LogP contribution in [0.5, 0.6) is 0 Å². The third-order valence-corrected chi connectivity index (χ3v) is 7.30. The number of sulfonamides is 1. The highest BCUT2D eigenvalue weighted by Gasteiger charge is 2.27. The number of aryl methyl sites for hydroxylation is 1. The zero-order valence-electron chi connectivity index (χ0n) is 17.8. The number of carbonyl (C=O) groups excluding carboxylic acids is 1. The first-order valence-electron chi connectivity index (χ1n) is 10.3. The topological polar surface area (TPSA) is 75.7 Å². The highest BCUT2D eigenvalue weighted by atomic mass is 32.2. The predicted molar refractivity (Wildman–Crippen MR) is 117 cm³/mol. The number of hydrogen-bond acceptors (Lipinski definition) is 4.